The van der Waals surface area contributed by atoms with Crippen LogP contribution in [0.25, 0.3) is 0 Å². The third-order valence-corrected chi connectivity index (χ3v) is 9.12. The Labute approximate surface area is 200 Å². The van der Waals surface area contributed by atoms with Crippen molar-refractivity contribution < 1.29 is 13.9 Å². The van der Waals surface area contributed by atoms with Crippen molar-refractivity contribution in [2.24, 2.45) is 0 Å². The van der Waals surface area contributed by atoms with E-state index in [9.17, 15) is 5.26 Å². The van der Waals surface area contributed by atoms with E-state index in [-0.39, 0.29) is 5.82 Å². The van der Waals surface area contributed by atoms with Crippen LogP contribution in [0.3, 0.4) is 0 Å². The van der Waals surface area contributed by atoms with Gasteiger partial charge < -0.3 is 9.47 Å². The van der Waals surface area contributed by atoms with E-state index in [1.54, 1.807) is 6.07 Å². The van der Waals surface area contributed by atoms with E-state index in [1.165, 1.54) is 5.56 Å². The maximum atomic E-state index is 15.3. The molecule has 2 atom stereocenters. The van der Waals surface area contributed by atoms with Gasteiger partial charge in [-0.1, -0.05) is 54.4 Å². The topological polar surface area (TPSA) is 45.5 Å². The molecule has 3 aliphatic rings. The van der Waals surface area contributed by atoms with E-state index < -0.39 is 11.2 Å². The van der Waals surface area contributed by atoms with Gasteiger partial charge in [0, 0.05) is 36.2 Å². The first-order chi connectivity index (χ1) is 16.0. The zero-order valence-corrected chi connectivity index (χ0v) is 20.0. The van der Waals surface area contributed by atoms with E-state index in [1.807, 2.05) is 30.1 Å². The molecule has 4 nitrogen and oxygen atoms in total. The van der Waals surface area contributed by atoms with Crippen LogP contribution in [0.5, 0.6) is 0 Å². The molecule has 1 unspecified atom stereocenters. The van der Waals surface area contributed by atoms with E-state index in [4.69, 9.17) is 9.47 Å². The second-order valence-corrected chi connectivity index (χ2v) is 10.9. The first-order valence-electron chi connectivity index (χ1n) is 12.0. The van der Waals surface area contributed by atoms with Gasteiger partial charge >= 0.3 is 0 Å². The molecule has 0 N–H and O–H groups in total. The van der Waals surface area contributed by atoms with Crippen LogP contribution in [-0.4, -0.2) is 29.3 Å². The van der Waals surface area contributed by atoms with Crippen LogP contribution >= 0.6 is 11.9 Å². The number of benzene rings is 2. The van der Waals surface area contributed by atoms with Gasteiger partial charge in [0.15, 0.2) is 5.79 Å². The van der Waals surface area contributed by atoms with Gasteiger partial charge in [0.1, 0.15) is 5.82 Å². The van der Waals surface area contributed by atoms with E-state index >= 15 is 4.39 Å². The average molecular weight is 467 g/mol. The summed E-state index contributed by atoms with van der Waals surface area (Å²) in [6.07, 6.45) is 4.82. The molecule has 2 aromatic rings. The lowest BCUT2D eigenvalue weighted by molar-refractivity contribution is -0.182. The molecule has 2 aliphatic heterocycles. The molecular weight excluding hydrogens is 435 g/mol. The zero-order valence-electron chi connectivity index (χ0n) is 19.1. The smallest absolute Gasteiger partial charge is 0.168 e. The molecule has 0 radical (unpaired) electrons. The van der Waals surface area contributed by atoms with Gasteiger partial charge in [-0.3, -0.25) is 0 Å². The molecule has 2 aromatic carbocycles. The summed E-state index contributed by atoms with van der Waals surface area (Å²) in [5, 5.41) is 10.5. The maximum Gasteiger partial charge on any atom is 0.168 e. The summed E-state index contributed by atoms with van der Waals surface area (Å²) in [7, 11) is 0. The summed E-state index contributed by atoms with van der Waals surface area (Å²) in [6, 6.07) is 18.9. The van der Waals surface area contributed by atoms with Gasteiger partial charge in [0.05, 0.1) is 24.7 Å². The van der Waals surface area contributed by atoms with Crippen LogP contribution in [0.15, 0.2) is 48.5 Å². The Bertz CT molecular complexity index is 1010. The molecule has 0 bridgehead atoms. The Hall–Kier alpha value is -1.91. The molecule has 0 aromatic heterocycles. The molecule has 0 amide bonds. The largest absolute Gasteiger partial charge is 0.348 e. The van der Waals surface area contributed by atoms with Gasteiger partial charge in [-0.25, -0.2) is 8.70 Å². The van der Waals surface area contributed by atoms with Gasteiger partial charge in [0.25, 0.3) is 0 Å². The molecule has 3 fully saturated rings. The van der Waals surface area contributed by atoms with Crippen molar-refractivity contribution in [2.75, 3.05) is 13.2 Å². The van der Waals surface area contributed by atoms with Crippen LogP contribution < -0.4 is 0 Å². The highest BCUT2D eigenvalue weighted by Gasteiger charge is 2.47. The minimum absolute atomic E-state index is 0.217. The molecule has 33 heavy (non-hydrogen) atoms. The average Bonchev–Trinajstić information content (AvgIpc) is 3.31. The predicted molar refractivity (Wildman–Crippen MR) is 128 cm³/mol. The Morgan fingerprint density at radius 2 is 1.79 bits per heavy atom. The molecular formula is C27H31FN2O2S. The van der Waals surface area contributed by atoms with E-state index in [0.29, 0.717) is 62.3 Å². The lowest BCUT2D eigenvalue weighted by Crippen LogP contribution is -2.41. The van der Waals surface area contributed by atoms with Crippen LogP contribution in [0.1, 0.15) is 67.4 Å². The number of ether oxygens (including phenoxy) is 2. The highest BCUT2D eigenvalue weighted by Crippen LogP contribution is 2.47. The fourth-order valence-corrected chi connectivity index (χ4v) is 6.77. The lowest BCUT2D eigenvalue weighted by atomic mass is 9.68. The number of nitrogens with zero attached hydrogens (tertiary/aromatic N) is 2. The highest BCUT2D eigenvalue weighted by atomic mass is 32.2. The van der Waals surface area contributed by atoms with Gasteiger partial charge in [-0.15, -0.1) is 0 Å². The van der Waals surface area contributed by atoms with Crippen molar-refractivity contribution >= 4 is 11.9 Å². The number of rotatable bonds is 4. The van der Waals surface area contributed by atoms with Crippen LogP contribution in [0.2, 0.25) is 0 Å². The van der Waals surface area contributed by atoms with Crippen molar-refractivity contribution in [3.05, 3.63) is 71.0 Å². The maximum absolute atomic E-state index is 15.3. The van der Waals surface area contributed by atoms with Crippen molar-refractivity contribution in [2.45, 2.75) is 74.5 Å². The monoisotopic (exact) mass is 466 g/mol. The standard InChI is InChI=1S/C27H31FN2O2S/c1-20-7-10-25(21-5-3-2-4-6-21)33-30(20)18-22-8-9-23(17-24(22)28)26(19-29)11-13-27(14-12-26)31-15-16-32-27/h2-6,8-9,17,20,25H,7,10-16,18H2,1H3/t20-,25?/m0/s1. The second-order valence-electron chi connectivity index (χ2n) is 9.61. The Balaban J connectivity index is 1.30. The summed E-state index contributed by atoms with van der Waals surface area (Å²) in [5.74, 6) is -0.749. The minimum Gasteiger partial charge on any atom is -0.348 e. The zero-order chi connectivity index (χ0) is 22.9. The molecule has 2 saturated heterocycles. The molecule has 5 rings (SSSR count). The van der Waals surface area contributed by atoms with Crippen molar-refractivity contribution in [1.82, 2.24) is 4.31 Å². The van der Waals surface area contributed by atoms with Gasteiger partial charge in [-0.2, -0.15) is 5.26 Å². The fourth-order valence-electron chi connectivity index (χ4n) is 5.39. The quantitative estimate of drug-likeness (QED) is 0.497. The number of nitriles is 1. The van der Waals surface area contributed by atoms with Crippen LogP contribution in [-0.2, 0) is 21.4 Å². The van der Waals surface area contributed by atoms with E-state index in [2.05, 4.69) is 41.6 Å². The molecule has 1 aliphatic carbocycles. The molecule has 1 spiro atoms. The van der Waals surface area contributed by atoms with Gasteiger partial charge in [0.2, 0.25) is 0 Å². The molecule has 2 heterocycles. The third kappa shape index (κ3) is 4.57. The van der Waals surface area contributed by atoms with Crippen molar-refractivity contribution in [1.29, 1.82) is 5.26 Å². The lowest BCUT2D eigenvalue weighted by Gasteiger charge is -2.40. The first kappa shape index (κ1) is 22.9. The van der Waals surface area contributed by atoms with Crippen molar-refractivity contribution in [3.63, 3.8) is 0 Å². The number of hydrogen-bond donors (Lipinski definition) is 0. The highest BCUT2D eigenvalue weighted by molar-refractivity contribution is 7.97. The first-order valence-corrected chi connectivity index (χ1v) is 12.8. The molecule has 174 valence electrons. The summed E-state index contributed by atoms with van der Waals surface area (Å²) in [6.45, 7) is 4.00. The summed E-state index contributed by atoms with van der Waals surface area (Å²) in [5.41, 5.74) is 2.12. The van der Waals surface area contributed by atoms with Crippen LogP contribution in [0.4, 0.5) is 4.39 Å². The summed E-state index contributed by atoms with van der Waals surface area (Å²) in [4.78, 5) is 0. The SMILES string of the molecule is C[C@H]1CCC(c2ccccc2)SN1Cc1ccc(C2(C#N)CCC3(CC2)OCCO3)cc1F. The number of halogens is 1. The normalized spacial score (nSPS) is 26.8. The predicted octanol–water partition coefficient (Wildman–Crippen LogP) is 6.28. The minimum atomic E-state index is -0.675. The molecule has 6 heteroatoms. The second kappa shape index (κ2) is 9.38. The van der Waals surface area contributed by atoms with Crippen molar-refractivity contribution in [3.8, 4) is 6.07 Å². The van der Waals surface area contributed by atoms with E-state index in [0.717, 1.165) is 18.4 Å². The van der Waals surface area contributed by atoms with Crippen LogP contribution in [0, 0.1) is 17.1 Å². The van der Waals surface area contributed by atoms with Gasteiger partial charge in [-0.05, 0) is 49.8 Å². The summed E-state index contributed by atoms with van der Waals surface area (Å²) >= 11 is 1.83. The Kier molecular flexibility index (Phi) is 6.50. The third-order valence-electron chi connectivity index (χ3n) is 7.60. The Morgan fingerprint density at radius 1 is 1.06 bits per heavy atom. The Morgan fingerprint density at radius 3 is 2.45 bits per heavy atom. The number of hydrogen-bond acceptors (Lipinski definition) is 5. The fraction of sp³-hybridized carbons (Fsp3) is 0.519. The summed E-state index contributed by atoms with van der Waals surface area (Å²) < 4.78 is 29.3. The molecule has 1 saturated carbocycles.